The van der Waals surface area contributed by atoms with Crippen molar-refractivity contribution in [3.63, 3.8) is 0 Å². The van der Waals surface area contributed by atoms with Crippen LogP contribution in [-0.4, -0.2) is 35.2 Å². The van der Waals surface area contributed by atoms with Crippen LogP contribution in [0.1, 0.15) is 36.8 Å². The molecule has 4 rings (SSSR count). The Morgan fingerprint density at radius 2 is 2.19 bits per heavy atom. The molecule has 0 aromatic heterocycles. The van der Waals surface area contributed by atoms with Gasteiger partial charge in [0.25, 0.3) is 0 Å². The molecule has 2 fully saturated rings. The first-order valence-electron chi connectivity index (χ1n) is 8.36. The van der Waals surface area contributed by atoms with Gasteiger partial charge in [0.05, 0.1) is 6.10 Å². The fourth-order valence-electron chi connectivity index (χ4n) is 5.45. The van der Waals surface area contributed by atoms with Gasteiger partial charge in [-0.05, 0) is 55.7 Å². The lowest BCUT2D eigenvalue weighted by Gasteiger charge is -2.59. The molecule has 2 bridgehead atoms. The van der Waals surface area contributed by atoms with Gasteiger partial charge in [-0.25, -0.2) is 0 Å². The van der Waals surface area contributed by atoms with Crippen LogP contribution in [0.2, 0.25) is 0 Å². The highest BCUT2D eigenvalue weighted by atomic mass is 16.3. The van der Waals surface area contributed by atoms with Crippen molar-refractivity contribution in [3.05, 3.63) is 48.0 Å². The molecule has 0 amide bonds. The molecule has 2 aliphatic carbocycles. The van der Waals surface area contributed by atoms with Gasteiger partial charge >= 0.3 is 0 Å². The van der Waals surface area contributed by atoms with Crippen LogP contribution in [0, 0.1) is 5.92 Å². The summed E-state index contributed by atoms with van der Waals surface area (Å²) in [6, 6.07) is 9.63. The molecule has 1 aliphatic heterocycles. The standard InChI is InChI=1S/C19H25NO/c1-2-10-20-11-9-19-13-15(21)7-8-17(19)18(20)12-14-5-3-4-6-16(14)19/h2-6,15,17-18,21H,1,7-13H2/t15?,17-,18+,19+/m0/s1. The van der Waals surface area contributed by atoms with E-state index in [2.05, 4.69) is 35.7 Å². The number of likely N-dealkylation sites (tertiary alicyclic amines) is 1. The predicted molar refractivity (Wildman–Crippen MR) is 85.3 cm³/mol. The normalized spacial score (nSPS) is 38.4. The van der Waals surface area contributed by atoms with Crippen molar-refractivity contribution in [2.75, 3.05) is 13.1 Å². The lowest BCUT2D eigenvalue weighted by molar-refractivity contribution is -0.0442. The minimum Gasteiger partial charge on any atom is -0.393 e. The largest absolute Gasteiger partial charge is 0.393 e. The summed E-state index contributed by atoms with van der Waals surface area (Å²) in [6.07, 6.45) is 7.42. The lowest BCUT2D eigenvalue weighted by atomic mass is 9.52. The molecule has 1 N–H and O–H groups in total. The maximum absolute atomic E-state index is 10.3. The van der Waals surface area contributed by atoms with Gasteiger partial charge < -0.3 is 5.11 Å². The molecule has 1 saturated carbocycles. The molecule has 1 saturated heterocycles. The molecule has 112 valence electrons. The number of aliphatic hydroxyl groups excluding tert-OH is 1. The molecule has 0 radical (unpaired) electrons. The predicted octanol–water partition coefficient (Wildman–Crippen LogP) is 2.90. The van der Waals surface area contributed by atoms with Crippen molar-refractivity contribution in [1.29, 1.82) is 0 Å². The molecule has 1 heterocycles. The number of hydrogen-bond acceptors (Lipinski definition) is 2. The van der Waals surface area contributed by atoms with Gasteiger partial charge in [0.1, 0.15) is 0 Å². The molecule has 4 atom stereocenters. The Kier molecular flexibility index (Phi) is 3.20. The van der Waals surface area contributed by atoms with E-state index in [1.807, 2.05) is 6.08 Å². The van der Waals surface area contributed by atoms with E-state index in [9.17, 15) is 5.11 Å². The van der Waals surface area contributed by atoms with E-state index in [1.165, 1.54) is 24.8 Å². The van der Waals surface area contributed by atoms with E-state index in [-0.39, 0.29) is 11.5 Å². The second-order valence-corrected chi connectivity index (χ2v) is 7.16. The molecule has 1 aromatic carbocycles. The minimum atomic E-state index is -0.112. The van der Waals surface area contributed by atoms with Crippen LogP contribution in [0.25, 0.3) is 0 Å². The third-order valence-electron chi connectivity index (χ3n) is 6.25. The number of aliphatic hydroxyl groups is 1. The van der Waals surface area contributed by atoms with E-state index in [0.717, 1.165) is 25.9 Å². The van der Waals surface area contributed by atoms with Gasteiger partial charge in [-0.1, -0.05) is 30.3 Å². The summed E-state index contributed by atoms with van der Waals surface area (Å²) in [7, 11) is 0. The summed E-state index contributed by atoms with van der Waals surface area (Å²) in [5, 5.41) is 10.3. The second-order valence-electron chi connectivity index (χ2n) is 7.16. The molecule has 3 aliphatic rings. The molecule has 1 unspecified atom stereocenters. The zero-order valence-corrected chi connectivity index (χ0v) is 12.7. The first-order valence-corrected chi connectivity index (χ1v) is 8.36. The summed E-state index contributed by atoms with van der Waals surface area (Å²) in [5.74, 6) is 0.712. The Labute approximate surface area is 127 Å². The first-order chi connectivity index (χ1) is 10.2. The Balaban J connectivity index is 1.82. The van der Waals surface area contributed by atoms with E-state index in [1.54, 1.807) is 5.56 Å². The zero-order valence-electron chi connectivity index (χ0n) is 12.7. The number of rotatable bonds is 2. The molecule has 2 heteroatoms. The highest BCUT2D eigenvalue weighted by molar-refractivity contribution is 5.41. The molecule has 21 heavy (non-hydrogen) atoms. The number of piperidine rings is 1. The Bertz CT molecular complexity index is 554. The van der Waals surface area contributed by atoms with Crippen LogP contribution in [-0.2, 0) is 11.8 Å². The zero-order chi connectivity index (χ0) is 14.4. The number of fused-ring (bicyclic) bond motifs is 1. The average Bonchev–Trinajstić information content (AvgIpc) is 2.50. The summed E-state index contributed by atoms with van der Waals surface area (Å²) >= 11 is 0. The maximum Gasteiger partial charge on any atom is 0.0549 e. The molecule has 0 spiro atoms. The topological polar surface area (TPSA) is 23.5 Å². The van der Waals surface area contributed by atoms with Gasteiger partial charge in [-0.2, -0.15) is 0 Å². The monoisotopic (exact) mass is 283 g/mol. The summed E-state index contributed by atoms with van der Waals surface area (Å²) < 4.78 is 0. The molecule has 1 aromatic rings. The lowest BCUT2D eigenvalue weighted by Crippen LogP contribution is -2.62. The quantitative estimate of drug-likeness (QED) is 0.844. The Hall–Kier alpha value is -1.12. The highest BCUT2D eigenvalue weighted by Gasteiger charge is 2.54. The fourth-order valence-corrected chi connectivity index (χ4v) is 5.45. The van der Waals surface area contributed by atoms with Crippen molar-refractivity contribution in [2.45, 2.75) is 49.7 Å². The van der Waals surface area contributed by atoms with Crippen LogP contribution >= 0.6 is 0 Å². The molecular weight excluding hydrogens is 258 g/mol. The van der Waals surface area contributed by atoms with Gasteiger partial charge in [0.15, 0.2) is 0 Å². The third-order valence-corrected chi connectivity index (χ3v) is 6.25. The van der Waals surface area contributed by atoms with Crippen LogP contribution in [0.5, 0.6) is 0 Å². The fraction of sp³-hybridized carbons (Fsp3) is 0.579. The van der Waals surface area contributed by atoms with Crippen molar-refractivity contribution in [1.82, 2.24) is 4.90 Å². The Morgan fingerprint density at radius 1 is 1.33 bits per heavy atom. The van der Waals surface area contributed by atoms with Crippen LogP contribution < -0.4 is 0 Å². The summed E-state index contributed by atoms with van der Waals surface area (Å²) in [6.45, 7) is 6.09. The maximum atomic E-state index is 10.3. The minimum absolute atomic E-state index is 0.112. The highest BCUT2D eigenvalue weighted by Crippen LogP contribution is 2.55. The number of benzene rings is 1. The van der Waals surface area contributed by atoms with Crippen LogP contribution in [0.3, 0.4) is 0 Å². The van der Waals surface area contributed by atoms with Gasteiger partial charge in [-0.15, -0.1) is 6.58 Å². The van der Waals surface area contributed by atoms with Crippen molar-refractivity contribution < 1.29 is 5.11 Å². The van der Waals surface area contributed by atoms with Crippen molar-refractivity contribution in [2.24, 2.45) is 5.92 Å². The van der Waals surface area contributed by atoms with Crippen molar-refractivity contribution >= 4 is 0 Å². The van der Waals surface area contributed by atoms with E-state index >= 15 is 0 Å². The summed E-state index contributed by atoms with van der Waals surface area (Å²) in [4.78, 5) is 2.63. The molecule has 2 nitrogen and oxygen atoms in total. The van der Waals surface area contributed by atoms with Gasteiger partial charge in [0.2, 0.25) is 0 Å². The van der Waals surface area contributed by atoms with Gasteiger partial charge in [-0.3, -0.25) is 4.90 Å². The number of hydrogen-bond donors (Lipinski definition) is 1. The molecular formula is C19H25NO. The average molecular weight is 283 g/mol. The van der Waals surface area contributed by atoms with Crippen LogP contribution in [0.15, 0.2) is 36.9 Å². The van der Waals surface area contributed by atoms with E-state index < -0.39 is 0 Å². The smallest absolute Gasteiger partial charge is 0.0549 e. The van der Waals surface area contributed by atoms with E-state index in [0.29, 0.717) is 12.0 Å². The first kappa shape index (κ1) is 13.5. The van der Waals surface area contributed by atoms with Crippen LogP contribution in [0.4, 0.5) is 0 Å². The Morgan fingerprint density at radius 3 is 3.05 bits per heavy atom. The van der Waals surface area contributed by atoms with Gasteiger partial charge in [0, 0.05) is 18.0 Å². The van der Waals surface area contributed by atoms with Crippen molar-refractivity contribution in [3.8, 4) is 0 Å². The SMILES string of the molecule is C=CCN1CC[C@]23CC(O)CC[C@H]2[C@H]1Cc1ccccc13. The number of nitrogens with zero attached hydrogens (tertiary/aromatic N) is 1. The second kappa shape index (κ2) is 4.96. The third kappa shape index (κ3) is 1.92. The van der Waals surface area contributed by atoms with E-state index in [4.69, 9.17) is 0 Å². The summed E-state index contributed by atoms with van der Waals surface area (Å²) in [5.41, 5.74) is 3.29.